The van der Waals surface area contributed by atoms with Crippen molar-refractivity contribution in [2.24, 2.45) is 0 Å². The highest BCUT2D eigenvalue weighted by Crippen LogP contribution is 2.43. The van der Waals surface area contributed by atoms with Gasteiger partial charge in [0.1, 0.15) is 11.2 Å². The Morgan fingerprint density at radius 2 is 0.844 bits per heavy atom. The summed E-state index contributed by atoms with van der Waals surface area (Å²) in [5, 5.41) is 16.6. The monoisotopic (exact) mass is 1280 g/mol. The van der Waals surface area contributed by atoms with Crippen LogP contribution in [0.3, 0.4) is 0 Å². The normalized spacial score (nSPS) is 11.2. The Kier molecular flexibility index (Phi) is 14.4. The van der Waals surface area contributed by atoms with Crippen LogP contribution in [0.5, 0.6) is 0 Å². The number of nitrogens with one attached hydrogen (secondary N) is 1. The summed E-state index contributed by atoms with van der Waals surface area (Å²) in [6.07, 6.45) is 0. The lowest BCUT2D eigenvalue weighted by Gasteiger charge is -2.11. The van der Waals surface area contributed by atoms with Gasteiger partial charge in [-0.3, -0.25) is 9.13 Å². The molecule has 11 heteroatoms. The molecule has 77 heavy (non-hydrogen) atoms. The fourth-order valence-electron chi connectivity index (χ4n) is 10.5. The van der Waals surface area contributed by atoms with Crippen LogP contribution in [0.25, 0.3) is 118 Å². The maximum absolute atomic E-state index is 6.42. The van der Waals surface area contributed by atoms with Crippen molar-refractivity contribution in [3.8, 4) is 11.4 Å². The minimum Gasteiger partial charge on any atom is -0.439 e. The van der Waals surface area contributed by atoms with E-state index in [1.54, 1.807) is 11.3 Å². The van der Waals surface area contributed by atoms with E-state index in [2.05, 4.69) is 217 Å². The number of thiophene rings is 2. The van der Waals surface area contributed by atoms with Crippen LogP contribution >= 0.6 is 79.5 Å². The van der Waals surface area contributed by atoms with Gasteiger partial charge in [-0.05, 0) is 94.8 Å². The number of hydrogen-bond acceptors (Lipinski definition) is 6. The van der Waals surface area contributed by atoms with E-state index in [4.69, 9.17) is 26.2 Å². The molecule has 0 aliphatic rings. The molecule has 0 atom stereocenters. The van der Waals surface area contributed by atoms with Crippen LogP contribution in [0, 0.1) is 0 Å². The van der Waals surface area contributed by atoms with E-state index >= 15 is 0 Å². The first-order valence-corrected chi connectivity index (χ1v) is 31.1. The van der Waals surface area contributed by atoms with Gasteiger partial charge in [-0.1, -0.05) is 202 Å². The number of benzene rings is 10. The molecule has 3 N–H and O–H groups in total. The fraction of sp³-hybridized carbons (Fsp3) is 0.0303. The van der Waals surface area contributed by atoms with Crippen LogP contribution in [0.4, 0.5) is 17.1 Å². The van der Waals surface area contributed by atoms with Crippen molar-refractivity contribution in [1.82, 2.24) is 9.13 Å². The number of furan rings is 2. The molecule has 16 aromatic rings. The molecular weight excluding hydrogens is 1230 g/mol. The highest BCUT2D eigenvalue weighted by molar-refractivity contribution is 14.1. The largest absolute Gasteiger partial charge is 0.439 e. The standard InChI is InChI=1S/C32H20N2OS.C20H12ClNO.C12H9NS.2CH3I/c1-4-16-27-24(12-1)30-25-13-2-5-17-28(25)35-32(30)34(27)21-10-7-9-20(19-21)33-26-15-8-14-23-22-11-3-6-18-29(22)36-31(23)26;21-13-6-5-7-14(12-13)22-17-10-3-1-8-15(17)19-16-9-2-4-11-18(16)23-20(19)22;13-10-6-3-5-9-8-4-1-2-7-11(8)14-12(9)10;2*1-2/h1-19,33H;1-12H;1-7H,13H2;2*1H3. The quantitative estimate of drug-likeness (QED) is 0.105. The molecule has 0 amide bonds. The first kappa shape index (κ1) is 50.5. The van der Waals surface area contributed by atoms with Gasteiger partial charge in [0.25, 0.3) is 0 Å². The van der Waals surface area contributed by atoms with Gasteiger partial charge in [-0.25, -0.2) is 0 Å². The lowest BCUT2D eigenvalue weighted by molar-refractivity contribution is 0.645. The van der Waals surface area contributed by atoms with Crippen molar-refractivity contribution in [3.63, 3.8) is 0 Å². The van der Waals surface area contributed by atoms with Crippen LogP contribution in [0.15, 0.2) is 239 Å². The molecule has 10 aromatic carbocycles. The minimum atomic E-state index is 0.713. The number of para-hydroxylation sites is 4. The van der Waals surface area contributed by atoms with Gasteiger partial charge in [-0.15, -0.1) is 22.7 Å². The van der Waals surface area contributed by atoms with Gasteiger partial charge in [0, 0.05) is 68.9 Å². The fourth-order valence-corrected chi connectivity index (χ4v) is 13.0. The minimum absolute atomic E-state index is 0.713. The summed E-state index contributed by atoms with van der Waals surface area (Å²) in [5.41, 5.74) is 16.8. The molecule has 0 saturated carbocycles. The molecule has 0 saturated heterocycles. The smallest absolute Gasteiger partial charge is 0.213 e. The van der Waals surface area contributed by atoms with Gasteiger partial charge in [0.05, 0.1) is 48.3 Å². The number of anilines is 3. The zero-order chi connectivity index (χ0) is 52.6. The van der Waals surface area contributed by atoms with Crippen molar-refractivity contribution >= 4 is 203 Å². The first-order chi connectivity index (χ1) is 38.0. The lowest BCUT2D eigenvalue weighted by atomic mass is 10.1. The number of rotatable bonds is 4. The van der Waals surface area contributed by atoms with E-state index in [1.165, 1.54) is 51.1 Å². The summed E-state index contributed by atoms with van der Waals surface area (Å²) in [5.74, 6) is 0. The number of nitrogens with two attached hydrogens (primary N) is 1. The van der Waals surface area contributed by atoms with Gasteiger partial charge >= 0.3 is 0 Å². The van der Waals surface area contributed by atoms with Crippen molar-refractivity contribution in [1.29, 1.82) is 0 Å². The van der Waals surface area contributed by atoms with Gasteiger partial charge in [0.15, 0.2) is 0 Å². The molecule has 6 aromatic heterocycles. The third-order valence-corrected chi connectivity index (χ3v) is 16.4. The number of aromatic nitrogens is 2. The molecular formula is C66H47ClI2N4O2S2. The van der Waals surface area contributed by atoms with Gasteiger partial charge in [0.2, 0.25) is 11.4 Å². The van der Waals surface area contributed by atoms with E-state index in [-0.39, 0.29) is 0 Å². The van der Waals surface area contributed by atoms with E-state index in [0.717, 1.165) is 83.6 Å². The topological polar surface area (TPSA) is 74.2 Å². The number of nitrogens with zero attached hydrogens (tertiary/aromatic N) is 2. The molecule has 0 bridgehead atoms. The summed E-state index contributed by atoms with van der Waals surface area (Å²) in [6.45, 7) is 0. The number of fused-ring (bicyclic) bond motifs is 16. The predicted molar refractivity (Wildman–Crippen MR) is 352 cm³/mol. The van der Waals surface area contributed by atoms with Crippen molar-refractivity contribution in [2.75, 3.05) is 20.9 Å². The Balaban J connectivity index is 0.000000124. The molecule has 0 spiro atoms. The second-order valence-corrected chi connectivity index (χ2v) is 20.6. The molecule has 6 heterocycles. The lowest BCUT2D eigenvalue weighted by Crippen LogP contribution is -1.96. The predicted octanol–water partition coefficient (Wildman–Crippen LogP) is 21.6. The molecule has 0 fully saturated rings. The van der Waals surface area contributed by atoms with E-state index in [0.29, 0.717) is 5.02 Å². The number of halogens is 3. The number of alkyl halides is 2. The molecule has 6 nitrogen and oxygen atoms in total. The molecule has 0 unspecified atom stereocenters. The number of nitrogen functional groups attached to an aromatic ring is 1. The Hall–Kier alpha value is -7.33. The molecule has 16 rings (SSSR count). The Bertz CT molecular complexity index is 4790. The molecule has 376 valence electrons. The first-order valence-electron chi connectivity index (χ1n) is 24.8. The van der Waals surface area contributed by atoms with Crippen LogP contribution in [0.1, 0.15) is 0 Å². The van der Waals surface area contributed by atoms with E-state index < -0.39 is 0 Å². The molecule has 0 radical (unpaired) electrons. The van der Waals surface area contributed by atoms with Crippen molar-refractivity contribution in [2.45, 2.75) is 0 Å². The summed E-state index contributed by atoms with van der Waals surface area (Å²) < 4.78 is 22.1. The summed E-state index contributed by atoms with van der Waals surface area (Å²) in [4.78, 5) is 3.94. The second-order valence-electron chi connectivity index (χ2n) is 18.0. The average molecular weight is 1280 g/mol. The SMILES string of the molecule is CI.CI.Clc1cccc(-n2c3ccccc3c3c4ccccc4oc32)c1.Nc1cccc2c1sc1ccccc12.c1cc(Nc2cccc3c2sc2ccccc23)cc(-n2c3ccccc3c3c4ccccc4oc32)c1. The zero-order valence-electron chi connectivity index (χ0n) is 41.7. The van der Waals surface area contributed by atoms with Gasteiger partial charge < -0.3 is 19.9 Å². The maximum atomic E-state index is 6.42. The highest BCUT2D eigenvalue weighted by atomic mass is 127. The van der Waals surface area contributed by atoms with Gasteiger partial charge in [-0.2, -0.15) is 0 Å². The summed E-state index contributed by atoms with van der Waals surface area (Å²) >= 11 is 14.1. The van der Waals surface area contributed by atoms with E-state index in [9.17, 15) is 0 Å². The Morgan fingerprint density at radius 1 is 0.416 bits per heavy atom. The highest BCUT2D eigenvalue weighted by Gasteiger charge is 2.21. The molecule has 0 aliphatic carbocycles. The summed E-state index contributed by atoms with van der Waals surface area (Å²) in [6, 6.07) is 79.4. The zero-order valence-corrected chi connectivity index (χ0v) is 48.4. The second kappa shape index (κ2) is 22.0. The molecule has 0 aliphatic heterocycles. The third kappa shape index (κ3) is 9.15. The van der Waals surface area contributed by atoms with Crippen LogP contribution in [0.2, 0.25) is 5.02 Å². The van der Waals surface area contributed by atoms with Crippen LogP contribution < -0.4 is 11.1 Å². The van der Waals surface area contributed by atoms with Crippen molar-refractivity contribution in [3.05, 3.63) is 236 Å². The maximum Gasteiger partial charge on any atom is 0.213 e. The Morgan fingerprint density at radius 3 is 1.42 bits per heavy atom. The third-order valence-electron chi connectivity index (χ3n) is 13.7. The number of hydrogen-bond donors (Lipinski definition) is 2. The summed E-state index contributed by atoms with van der Waals surface area (Å²) in [7, 11) is 0. The average Bonchev–Trinajstić information content (AvgIpc) is 4.51. The Labute approximate surface area is 484 Å². The van der Waals surface area contributed by atoms with Crippen LogP contribution in [-0.4, -0.2) is 19.0 Å². The van der Waals surface area contributed by atoms with E-state index in [1.807, 2.05) is 94.0 Å². The van der Waals surface area contributed by atoms with Crippen LogP contribution in [-0.2, 0) is 0 Å². The van der Waals surface area contributed by atoms with Crippen molar-refractivity contribution < 1.29 is 8.83 Å².